The van der Waals surface area contributed by atoms with Gasteiger partial charge in [-0.15, -0.1) is 0 Å². The Hall–Kier alpha value is -0.610. The van der Waals surface area contributed by atoms with Crippen LogP contribution in [0.3, 0.4) is 0 Å². The molecule has 0 fully saturated rings. The molecule has 0 heterocycles. The van der Waals surface area contributed by atoms with Crippen molar-refractivity contribution in [2.45, 2.75) is 27.2 Å². The Kier molecular flexibility index (Phi) is 8.33. The van der Waals surface area contributed by atoms with Gasteiger partial charge in [0.15, 0.2) is 0 Å². The minimum Gasteiger partial charge on any atom is -0.396 e. The molecule has 4 nitrogen and oxygen atoms in total. The van der Waals surface area contributed by atoms with Crippen molar-refractivity contribution in [1.29, 1.82) is 0 Å². The van der Waals surface area contributed by atoms with E-state index in [-0.39, 0.29) is 18.4 Å². The number of aliphatic hydroxyl groups excluding tert-OH is 1. The molecular weight excluding hydrogens is 192 g/mol. The summed E-state index contributed by atoms with van der Waals surface area (Å²) >= 11 is 0. The molecule has 0 bridgehead atoms. The van der Waals surface area contributed by atoms with E-state index in [4.69, 9.17) is 5.11 Å². The maximum absolute atomic E-state index is 11.3. The number of amides is 1. The van der Waals surface area contributed by atoms with Crippen molar-refractivity contribution >= 4 is 5.91 Å². The minimum atomic E-state index is 0.0906. The molecule has 0 saturated carbocycles. The van der Waals surface area contributed by atoms with Crippen molar-refractivity contribution in [2.75, 3.05) is 26.2 Å². The van der Waals surface area contributed by atoms with Crippen LogP contribution in [0.15, 0.2) is 0 Å². The lowest BCUT2D eigenvalue weighted by atomic mass is 10.2. The van der Waals surface area contributed by atoms with Gasteiger partial charge in [-0.3, -0.25) is 4.79 Å². The Morgan fingerprint density at radius 3 is 2.47 bits per heavy atom. The van der Waals surface area contributed by atoms with Crippen LogP contribution in [0.1, 0.15) is 27.2 Å². The van der Waals surface area contributed by atoms with Crippen LogP contribution in [-0.4, -0.2) is 37.3 Å². The normalized spacial score (nSPS) is 12.9. The third kappa shape index (κ3) is 9.69. The van der Waals surface area contributed by atoms with E-state index in [0.717, 1.165) is 13.1 Å². The first-order valence-corrected chi connectivity index (χ1v) is 5.64. The lowest BCUT2D eigenvalue weighted by Gasteiger charge is -2.10. The summed E-state index contributed by atoms with van der Waals surface area (Å²) in [4.78, 5) is 11.3. The van der Waals surface area contributed by atoms with Crippen molar-refractivity contribution in [3.05, 3.63) is 0 Å². The van der Waals surface area contributed by atoms with Crippen molar-refractivity contribution in [3.63, 3.8) is 0 Å². The SMILES string of the molecule is CC(C)CNC(=O)CCNCC(C)CO. The van der Waals surface area contributed by atoms with E-state index in [9.17, 15) is 4.79 Å². The summed E-state index contributed by atoms with van der Waals surface area (Å²) in [6.07, 6.45) is 0.505. The number of carbonyl (C=O) groups excluding carboxylic acids is 1. The summed E-state index contributed by atoms with van der Waals surface area (Å²) in [6.45, 7) is 8.47. The number of nitrogens with one attached hydrogen (secondary N) is 2. The van der Waals surface area contributed by atoms with Crippen LogP contribution in [0.25, 0.3) is 0 Å². The average molecular weight is 216 g/mol. The van der Waals surface area contributed by atoms with Crippen LogP contribution < -0.4 is 10.6 Å². The number of rotatable bonds is 8. The molecule has 0 radical (unpaired) electrons. The topological polar surface area (TPSA) is 61.4 Å². The number of carbonyl (C=O) groups is 1. The zero-order chi connectivity index (χ0) is 11.7. The third-order valence-corrected chi connectivity index (χ3v) is 2.04. The van der Waals surface area contributed by atoms with Crippen molar-refractivity contribution in [3.8, 4) is 0 Å². The lowest BCUT2D eigenvalue weighted by molar-refractivity contribution is -0.121. The van der Waals surface area contributed by atoms with Crippen LogP contribution in [0.4, 0.5) is 0 Å². The highest BCUT2D eigenvalue weighted by Crippen LogP contribution is 1.90. The highest BCUT2D eigenvalue weighted by molar-refractivity contribution is 5.76. The molecule has 0 spiro atoms. The van der Waals surface area contributed by atoms with Crippen molar-refractivity contribution in [1.82, 2.24) is 10.6 Å². The fourth-order valence-corrected chi connectivity index (χ4v) is 1.02. The first-order chi connectivity index (χ1) is 7.06. The second-order valence-corrected chi connectivity index (χ2v) is 4.44. The largest absolute Gasteiger partial charge is 0.396 e. The molecule has 0 aliphatic rings. The Balaban J connectivity index is 3.31. The van der Waals surface area contributed by atoms with Gasteiger partial charge in [-0.25, -0.2) is 0 Å². The summed E-state index contributed by atoms with van der Waals surface area (Å²) in [5.74, 6) is 0.841. The summed E-state index contributed by atoms with van der Waals surface area (Å²) in [6, 6.07) is 0. The summed E-state index contributed by atoms with van der Waals surface area (Å²) in [5, 5.41) is 14.8. The predicted octanol–water partition coefficient (Wildman–Crippen LogP) is 0.367. The van der Waals surface area contributed by atoms with Gasteiger partial charge in [0.05, 0.1) is 0 Å². The lowest BCUT2D eigenvalue weighted by Crippen LogP contribution is -2.31. The summed E-state index contributed by atoms with van der Waals surface area (Å²) in [5.41, 5.74) is 0. The molecular formula is C11H24N2O2. The van der Waals surface area contributed by atoms with Crippen molar-refractivity contribution < 1.29 is 9.90 Å². The fraction of sp³-hybridized carbons (Fsp3) is 0.909. The van der Waals surface area contributed by atoms with Crippen LogP contribution in [0.5, 0.6) is 0 Å². The fourth-order valence-electron chi connectivity index (χ4n) is 1.02. The highest BCUT2D eigenvalue weighted by atomic mass is 16.3. The van der Waals surface area contributed by atoms with Gasteiger partial charge in [0.2, 0.25) is 5.91 Å². The molecule has 0 aromatic rings. The molecule has 0 aliphatic heterocycles. The van der Waals surface area contributed by atoms with Gasteiger partial charge in [-0.05, 0) is 18.4 Å². The highest BCUT2D eigenvalue weighted by Gasteiger charge is 2.02. The Morgan fingerprint density at radius 1 is 1.27 bits per heavy atom. The van der Waals surface area contributed by atoms with E-state index >= 15 is 0 Å². The van der Waals surface area contributed by atoms with E-state index in [2.05, 4.69) is 24.5 Å². The zero-order valence-electron chi connectivity index (χ0n) is 10.0. The zero-order valence-corrected chi connectivity index (χ0v) is 10.0. The maximum atomic E-state index is 11.3. The van der Waals surface area contributed by atoms with Gasteiger partial charge < -0.3 is 15.7 Å². The molecule has 90 valence electrons. The van der Waals surface area contributed by atoms with Crippen LogP contribution >= 0.6 is 0 Å². The molecule has 0 aliphatic carbocycles. The molecule has 0 saturated heterocycles. The van der Waals surface area contributed by atoms with E-state index < -0.39 is 0 Å². The smallest absolute Gasteiger partial charge is 0.221 e. The van der Waals surface area contributed by atoms with Crippen LogP contribution in [0.2, 0.25) is 0 Å². The van der Waals surface area contributed by atoms with Crippen molar-refractivity contribution in [2.24, 2.45) is 11.8 Å². The quantitative estimate of drug-likeness (QED) is 0.514. The van der Waals surface area contributed by atoms with E-state index in [0.29, 0.717) is 18.9 Å². The summed E-state index contributed by atoms with van der Waals surface area (Å²) in [7, 11) is 0. The van der Waals surface area contributed by atoms with E-state index in [1.54, 1.807) is 0 Å². The number of aliphatic hydroxyl groups is 1. The number of hydrogen-bond donors (Lipinski definition) is 3. The molecule has 1 amide bonds. The van der Waals surface area contributed by atoms with Gasteiger partial charge in [-0.2, -0.15) is 0 Å². The van der Waals surface area contributed by atoms with Crippen LogP contribution in [-0.2, 0) is 4.79 Å². The molecule has 4 heteroatoms. The van der Waals surface area contributed by atoms with E-state index in [1.165, 1.54) is 0 Å². The maximum Gasteiger partial charge on any atom is 0.221 e. The average Bonchev–Trinajstić information content (AvgIpc) is 2.21. The second kappa shape index (κ2) is 8.68. The molecule has 1 atom stereocenters. The van der Waals surface area contributed by atoms with Gasteiger partial charge in [0, 0.05) is 26.1 Å². The van der Waals surface area contributed by atoms with E-state index in [1.807, 2.05) is 6.92 Å². The van der Waals surface area contributed by atoms with Crippen LogP contribution in [0, 0.1) is 11.8 Å². The summed E-state index contributed by atoms with van der Waals surface area (Å²) < 4.78 is 0. The van der Waals surface area contributed by atoms with Gasteiger partial charge in [0.1, 0.15) is 0 Å². The molecule has 15 heavy (non-hydrogen) atoms. The third-order valence-electron chi connectivity index (χ3n) is 2.04. The predicted molar refractivity (Wildman–Crippen MR) is 61.6 cm³/mol. The Morgan fingerprint density at radius 2 is 1.93 bits per heavy atom. The molecule has 3 N–H and O–H groups in total. The second-order valence-electron chi connectivity index (χ2n) is 4.44. The standard InChI is InChI=1S/C11H24N2O2/c1-9(2)6-13-11(15)4-5-12-7-10(3)8-14/h9-10,12,14H,4-8H2,1-3H3,(H,13,15). The van der Waals surface area contributed by atoms with Gasteiger partial charge in [0.25, 0.3) is 0 Å². The monoisotopic (exact) mass is 216 g/mol. The first-order valence-electron chi connectivity index (χ1n) is 5.64. The first kappa shape index (κ1) is 14.4. The Bertz CT molecular complexity index is 172. The number of hydrogen-bond acceptors (Lipinski definition) is 3. The van der Waals surface area contributed by atoms with Gasteiger partial charge in [-0.1, -0.05) is 20.8 Å². The molecule has 0 rings (SSSR count). The minimum absolute atomic E-state index is 0.0906. The molecule has 1 unspecified atom stereocenters. The molecule has 0 aromatic carbocycles. The Labute approximate surface area is 92.4 Å². The molecule has 0 aromatic heterocycles. The van der Waals surface area contributed by atoms with Gasteiger partial charge >= 0.3 is 0 Å².